The number of rotatable bonds is 5. The maximum atomic E-state index is 13.0. The predicted octanol–water partition coefficient (Wildman–Crippen LogP) is 1.88. The molecule has 0 heterocycles. The number of terminal acetylenes is 1. The van der Waals surface area contributed by atoms with Crippen LogP contribution >= 0.6 is 0 Å². The number of carbonyl (C=O) groups excluding carboxylic acids is 1. The summed E-state index contributed by atoms with van der Waals surface area (Å²) >= 11 is 0. The lowest BCUT2D eigenvalue weighted by atomic mass is 10.1. The van der Waals surface area contributed by atoms with Gasteiger partial charge >= 0.3 is 0 Å². The molecule has 0 atom stereocenters. The van der Waals surface area contributed by atoms with Crippen molar-refractivity contribution in [3.8, 4) is 12.3 Å². The van der Waals surface area contributed by atoms with E-state index in [1.165, 1.54) is 0 Å². The maximum Gasteiger partial charge on any atom is 0.282 e. The van der Waals surface area contributed by atoms with Gasteiger partial charge in [0.15, 0.2) is 0 Å². The fourth-order valence-electron chi connectivity index (χ4n) is 1.34. The molecular formula is C12H11FN2O3. The van der Waals surface area contributed by atoms with Crippen molar-refractivity contribution in [3.63, 3.8) is 0 Å². The molecule has 94 valence electrons. The van der Waals surface area contributed by atoms with Crippen LogP contribution in [-0.2, 0) is 0 Å². The zero-order valence-electron chi connectivity index (χ0n) is 9.48. The van der Waals surface area contributed by atoms with Crippen molar-refractivity contribution in [1.82, 2.24) is 5.32 Å². The summed E-state index contributed by atoms with van der Waals surface area (Å²) in [5.74, 6) is 1.02. The van der Waals surface area contributed by atoms with Crippen LogP contribution in [0.1, 0.15) is 23.2 Å². The number of nitro benzene ring substituents is 1. The van der Waals surface area contributed by atoms with Crippen LogP contribution in [0, 0.1) is 28.3 Å². The van der Waals surface area contributed by atoms with E-state index in [1.807, 2.05) is 0 Å². The van der Waals surface area contributed by atoms with Gasteiger partial charge in [-0.2, -0.15) is 0 Å². The Morgan fingerprint density at radius 3 is 2.89 bits per heavy atom. The van der Waals surface area contributed by atoms with Gasteiger partial charge in [-0.25, -0.2) is 4.39 Å². The predicted molar refractivity (Wildman–Crippen MR) is 63.5 cm³/mol. The van der Waals surface area contributed by atoms with Gasteiger partial charge in [-0.05, 0) is 18.6 Å². The van der Waals surface area contributed by atoms with Gasteiger partial charge in [0.1, 0.15) is 11.4 Å². The summed E-state index contributed by atoms with van der Waals surface area (Å²) in [6.07, 6.45) is 6.09. The van der Waals surface area contributed by atoms with Gasteiger partial charge in [-0.3, -0.25) is 14.9 Å². The second-order valence-electron chi connectivity index (χ2n) is 3.48. The number of nitrogens with one attached hydrogen (secondary N) is 1. The number of nitrogens with zero attached hydrogens (tertiary/aromatic N) is 1. The Bertz CT molecular complexity index is 509. The summed E-state index contributed by atoms with van der Waals surface area (Å²) in [5, 5.41) is 13.1. The normalized spacial score (nSPS) is 9.56. The quantitative estimate of drug-likeness (QED) is 0.375. The van der Waals surface area contributed by atoms with Crippen LogP contribution in [0.15, 0.2) is 18.2 Å². The number of amides is 1. The molecule has 0 unspecified atom stereocenters. The third-order valence-electron chi connectivity index (χ3n) is 2.18. The molecule has 5 nitrogen and oxygen atoms in total. The minimum atomic E-state index is -0.726. The number of carbonyl (C=O) groups is 1. The molecule has 0 radical (unpaired) electrons. The molecule has 1 aromatic carbocycles. The summed E-state index contributed by atoms with van der Waals surface area (Å²) in [6.45, 7) is 0.288. The highest BCUT2D eigenvalue weighted by Gasteiger charge is 2.20. The molecule has 1 aromatic rings. The fourth-order valence-corrected chi connectivity index (χ4v) is 1.34. The van der Waals surface area contributed by atoms with Gasteiger partial charge in [-0.15, -0.1) is 12.3 Å². The number of benzene rings is 1. The van der Waals surface area contributed by atoms with Crippen molar-refractivity contribution in [1.29, 1.82) is 0 Å². The van der Waals surface area contributed by atoms with E-state index < -0.39 is 22.3 Å². The van der Waals surface area contributed by atoms with Crippen molar-refractivity contribution < 1.29 is 14.1 Å². The van der Waals surface area contributed by atoms with E-state index in [0.29, 0.717) is 12.8 Å². The Kier molecular flexibility index (Phi) is 4.81. The zero-order chi connectivity index (χ0) is 13.5. The minimum absolute atomic E-state index is 0.288. The summed E-state index contributed by atoms with van der Waals surface area (Å²) < 4.78 is 13.0. The van der Waals surface area contributed by atoms with E-state index in [1.54, 1.807) is 0 Å². The number of hydrogen-bond donors (Lipinski definition) is 1. The zero-order valence-corrected chi connectivity index (χ0v) is 9.48. The van der Waals surface area contributed by atoms with Crippen molar-refractivity contribution in [3.05, 3.63) is 39.7 Å². The van der Waals surface area contributed by atoms with Crippen LogP contribution in [0.3, 0.4) is 0 Å². The molecule has 1 amide bonds. The molecule has 1 rings (SSSR count). The topological polar surface area (TPSA) is 72.2 Å². The van der Waals surface area contributed by atoms with Crippen LogP contribution in [0.5, 0.6) is 0 Å². The molecule has 1 N–H and O–H groups in total. The Balaban J connectivity index is 2.81. The van der Waals surface area contributed by atoms with Crippen molar-refractivity contribution in [2.75, 3.05) is 6.54 Å². The van der Waals surface area contributed by atoms with E-state index in [9.17, 15) is 19.3 Å². The first-order chi connectivity index (χ1) is 8.56. The molecule has 0 saturated carbocycles. The standard InChI is InChI=1S/C12H11FN2O3/c1-2-3-4-7-14-12(16)10-8-9(13)5-6-11(10)15(17)18/h1,5-6,8H,3-4,7H2,(H,14,16). The molecule has 0 fully saturated rings. The maximum absolute atomic E-state index is 13.0. The van der Waals surface area contributed by atoms with Crippen LogP contribution in [-0.4, -0.2) is 17.4 Å². The molecule has 0 aliphatic heterocycles. The molecule has 0 aliphatic carbocycles. The van der Waals surface area contributed by atoms with E-state index in [0.717, 1.165) is 18.2 Å². The average Bonchev–Trinajstić information content (AvgIpc) is 2.34. The first kappa shape index (κ1) is 13.6. The van der Waals surface area contributed by atoms with Gasteiger partial charge in [0.2, 0.25) is 0 Å². The van der Waals surface area contributed by atoms with Crippen molar-refractivity contribution in [2.24, 2.45) is 0 Å². The molecule has 6 heteroatoms. The average molecular weight is 250 g/mol. The van der Waals surface area contributed by atoms with Crippen LogP contribution in [0.25, 0.3) is 0 Å². The summed E-state index contributed by atoms with van der Waals surface area (Å²) in [4.78, 5) is 21.6. The molecule has 0 aliphatic rings. The molecule has 0 bridgehead atoms. The van der Waals surface area contributed by atoms with Crippen LogP contribution in [0.2, 0.25) is 0 Å². The largest absolute Gasteiger partial charge is 0.352 e. The number of nitro groups is 1. The Labute approximate surface area is 103 Å². The first-order valence-corrected chi connectivity index (χ1v) is 5.22. The van der Waals surface area contributed by atoms with E-state index >= 15 is 0 Å². The highest BCUT2D eigenvalue weighted by atomic mass is 19.1. The fraction of sp³-hybridized carbons (Fsp3) is 0.250. The van der Waals surface area contributed by atoms with Gasteiger partial charge in [0, 0.05) is 19.0 Å². The number of halogens is 1. The smallest absolute Gasteiger partial charge is 0.282 e. The van der Waals surface area contributed by atoms with Gasteiger partial charge in [0.25, 0.3) is 11.6 Å². The van der Waals surface area contributed by atoms with Gasteiger partial charge in [0.05, 0.1) is 4.92 Å². The molecular weight excluding hydrogens is 239 g/mol. The SMILES string of the molecule is C#CCCCNC(=O)c1cc(F)ccc1[N+](=O)[O-]. The summed E-state index contributed by atoms with van der Waals surface area (Å²) in [7, 11) is 0. The monoisotopic (exact) mass is 250 g/mol. The number of hydrogen-bond acceptors (Lipinski definition) is 3. The second-order valence-corrected chi connectivity index (χ2v) is 3.48. The van der Waals surface area contributed by atoms with Crippen molar-refractivity contribution in [2.45, 2.75) is 12.8 Å². The molecule has 0 saturated heterocycles. The van der Waals surface area contributed by atoms with Gasteiger partial charge in [-0.1, -0.05) is 0 Å². The highest BCUT2D eigenvalue weighted by molar-refractivity contribution is 5.98. The van der Waals surface area contributed by atoms with Crippen LogP contribution < -0.4 is 5.32 Å². The third-order valence-corrected chi connectivity index (χ3v) is 2.18. The lowest BCUT2D eigenvalue weighted by Gasteiger charge is -2.04. The summed E-state index contributed by atoms with van der Waals surface area (Å²) in [5.41, 5.74) is -0.716. The molecule has 0 spiro atoms. The van der Waals surface area contributed by atoms with E-state index in [-0.39, 0.29) is 12.1 Å². The minimum Gasteiger partial charge on any atom is -0.352 e. The Morgan fingerprint density at radius 1 is 1.56 bits per heavy atom. The van der Waals surface area contributed by atoms with E-state index in [4.69, 9.17) is 6.42 Å². The van der Waals surface area contributed by atoms with Crippen LogP contribution in [0.4, 0.5) is 10.1 Å². The Hall–Kier alpha value is -2.42. The van der Waals surface area contributed by atoms with Crippen molar-refractivity contribution >= 4 is 11.6 Å². The van der Waals surface area contributed by atoms with Gasteiger partial charge < -0.3 is 5.32 Å². The molecule has 0 aromatic heterocycles. The molecule has 18 heavy (non-hydrogen) atoms. The Morgan fingerprint density at radius 2 is 2.28 bits per heavy atom. The summed E-state index contributed by atoms with van der Waals surface area (Å²) in [6, 6.07) is 2.74. The number of unbranched alkanes of at least 4 members (excludes halogenated alkanes) is 1. The third kappa shape index (κ3) is 3.56. The second kappa shape index (κ2) is 6.35. The van der Waals surface area contributed by atoms with E-state index in [2.05, 4.69) is 11.2 Å². The first-order valence-electron chi connectivity index (χ1n) is 5.22. The highest BCUT2D eigenvalue weighted by Crippen LogP contribution is 2.19. The lowest BCUT2D eigenvalue weighted by molar-refractivity contribution is -0.385. The lowest BCUT2D eigenvalue weighted by Crippen LogP contribution is -2.25.